The van der Waals surface area contributed by atoms with Gasteiger partial charge in [0.1, 0.15) is 5.60 Å². The minimum atomic E-state index is -0.542. The lowest BCUT2D eigenvalue weighted by atomic mass is 10.2. The highest BCUT2D eigenvalue weighted by molar-refractivity contribution is 6.30. The van der Waals surface area contributed by atoms with Gasteiger partial charge in [-0.15, -0.1) is 0 Å². The summed E-state index contributed by atoms with van der Waals surface area (Å²) in [5.41, 5.74) is 0.644. The molecule has 1 aromatic rings. The van der Waals surface area contributed by atoms with E-state index in [-0.39, 0.29) is 12.1 Å². The van der Waals surface area contributed by atoms with Gasteiger partial charge >= 0.3 is 6.09 Å². The zero-order valence-corrected chi connectivity index (χ0v) is 17.2. The van der Waals surface area contributed by atoms with E-state index in [1.807, 2.05) is 45.0 Å². The highest BCUT2D eigenvalue weighted by atomic mass is 35.5. The van der Waals surface area contributed by atoms with Crippen LogP contribution in [-0.4, -0.2) is 78.0 Å². The van der Waals surface area contributed by atoms with Gasteiger partial charge in [-0.05, 0) is 51.5 Å². The van der Waals surface area contributed by atoms with Crippen molar-refractivity contribution in [3.05, 3.63) is 29.3 Å². The van der Waals surface area contributed by atoms with Gasteiger partial charge in [-0.1, -0.05) is 11.6 Å². The van der Waals surface area contributed by atoms with Gasteiger partial charge in [-0.3, -0.25) is 4.90 Å². The minimum Gasteiger partial charge on any atom is -0.444 e. The first-order valence-electron chi connectivity index (χ1n) is 9.63. The van der Waals surface area contributed by atoms with Crippen molar-refractivity contribution in [1.82, 2.24) is 9.80 Å². The summed E-state index contributed by atoms with van der Waals surface area (Å²) in [5.74, 6) is 0. The summed E-state index contributed by atoms with van der Waals surface area (Å²) in [6, 6.07) is 7.89. The standard InChI is InChI=1S/C20H30ClN3O3/c1-20(2,3)27-19(26)24-13-17(18(25)14-24)23-10-4-9-22(11-12-23)16-7-5-15(21)6-8-16/h5-8,17-18,25H,4,9-14H2,1-3H3. The number of ether oxygens (including phenoxy) is 1. The third kappa shape index (κ3) is 5.27. The Balaban J connectivity index is 1.58. The first-order chi connectivity index (χ1) is 12.7. The number of nitrogens with zero attached hydrogens (tertiary/aromatic N) is 3. The van der Waals surface area contributed by atoms with Crippen LogP contribution < -0.4 is 4.90 Å². The number of likely N-dealkylation sites (tertiary alicyclic amines) is 1. The van der Waals surface area contributed by atoms with E-state index in [0.717, 1.165) is 37.6 Å². The summed E-state index contributed by atoms with van der Waals surface area (Å²) in [6.07, 6.45) is 0.124. The molecular formula is C20H30ClN3O3. The molecule has 2 heterocycles. The Morgan fingerprint density at radius 3 is 2.48 bits per heavy atom. The van der Waals surface area contributed by atoms with E-state index in [0.29, 0.717) is 13.1 Å². The molecule has 2 aliphatic heterocycles. The lowest BCUT2D eigenvalue weighted by Crippen LogP contribution is -2.45. The molecule has 2 fully saturated rings. The number of carbonyl (C=O) groups excluding carboxylic acids is 1. The molecule has 0 aromatic heterocycles. The number of carbonyl (C=O) groups is 1. The summed E-state index contributed by atoms with van der Waals surface area (Å²) in [6.45, 7) is 10.0. The van der Waals surface area contributed by atoms with Crippen molar-refractivity contribution >= 4 is 23.4 Å². The lowest BCUT2D eigenvalue weighted by molar-refractivity contribution is 0.0269. The Morgan fingerprint density at radius 1 is 1.11 bits per heavy atom. The van der Waals surface area contributed by atoms with Crippen LogP contribution in [-0.2, 0) is 4.74 Å². The van der Waals surface area contributed by atoms with Crippen molar-refractivity contribution in [3.8, 4) is 0 Å². The quantitative estimate of drug-likeness (QED) is 0.834. The van der Waals surface area contributed by atoms with E-state index in [1.54, 1.807) is 4.90 Å². The summed E-state index contributed by atoms with van der Waals surface area (Å²) in [4.78, 5) is 18.6. The molecule has 2 aliphatic rings. The van der Waals surface area contributed by atoms with Crippen molar-refractivity contribution in [3.63, 3.8) is 0 Å². The number of β-amino-alcohol motifs (C(OH)–C–C–N with tert-alkyl or cyclic N) is 1. The number of hydrogen-bond donors (Lipinski definition) is 1. The zero-order chi connectivity index (χ0) is 19.6. The van der Waals surface area contributed by atoms with Crippen LogP contribution in [0, 0.1) is 0 Å². The molecule has 0 aliphatic carbocycles. The Kier molecular flexibility index (Phi) is 6.18. The highest BCUT2D eigenvalue weighted by Crippen LogP contribution is 2.23. The number of aliphatic hydroxyl groups is 1. The highest BCUT2D eigenvalue weighted by Gasteiger charge is 2.39. The fraction of sp³-hybridized carbons (Fsp3) is 0.650. The van der Waals surface area contributed by atoms with Crippen LogP contribution in [0.3, 0.4) is 0 Å². The molecule has 1 N–H and O–H groups in total. The normalized spacial score (nSPS) is 24.8. The van der Waals surface area contributed by atoms with Crippen LogP contribution in [0.15, 0.2) is 24.3 Å². The third-order valence-electron chi connectivity index (χ3n) is 5.10. The maximum atomic E-state index is 12.3. The molecule has 6 nitrogen and oxygen atoms in total. The number of amides is 1. The number of anilines is 1. The molecule has 0 radical (unpaired) electrons. The maximum Gasteiger partial charge on any atom is 0.410 e. The van der Waals surface area contributed by atoms with Crippen LogP contribution >= 0.6 is 11.6 Å². The summed E-state index contributed by atoms with van der Waals surface area (Å²) in [7, 11) is 0. The molecule has 27 heavy (non-hydrogen) atoms. The minimum absolute atomic E-state index is 0.0392. The van der Waals surface area contributed by atoms with Gasteiger partial charge < -0.3 is 19.6 Å². The average Bonchev–Trinajstić information content (AvgIpc) is 2.82. The SMILES string of the molecule is CC(C)(C)OC(=O)N1CC(O)C(N2CCCN(c3ccc(Cl)cc3)CC2)C1. The number of rotatable bonds is 2. The second kappa shape index (κ2) is 8.25. The van der Waals surface area contributed by atoms with Gasteiger partial charge in [0.2, 0.25) is 0 Å². The van der Waals surface area contributed by atoms with E-state index >= 15 is 0 Å². The van der Waals surface area contributed by atoms with Gasteiger partial charge in [-0.25, -0.2) is 4.79 Å². The van der Waals surface area contributed by atoms with Crippen molar-refractivity contribution in [2.45, 2.75) is 44.9 Å². The maximum absolute atomic E-state index is 12.3. The second-order valence-corrected chi connectivity index (χ2v) is 8.81. The van der Waals surface area contributed by atoms with Crippen molar-refractivity contribution in [1.29, 1.82) is 0 Å². The molecule has 2 saturated heterocycles. The molecule has 3 rings (SSSR count). The van der Waals surface area contributed by atoms with Crippen LogP contribution in [0.1, 0.15) is 27.2 Å². The Bertz CT molecular complexity index is 647. The Labute approximate surface area is 166 Å². The molecule has 0 bridgehead atoms. The molecule has 2 unspecified atom stereocenters. The molecular weight excluding hydrogens is 366 g/mol. The van der Waals surface area contributed by atoms with Crippen LogP contribution in [0.2, 0.25) is 5.02 Å². The van der Waals surface area contributed by atoms with Gasteiger partial charge in [0, 0.05) is 43.4 Å². The predicted octanol–water partition coefficient (Wildman–Crippen LogP) is 2.83. The smallest absolute Gasteiger partial charge is 0.410 e. The number of aliphatic hydroxyl groups excluding tert-OH is 1. The lowest BCUT2D eigenvalue weighted by Gasteiger charge is -2.29. The third-order valence-corrected chi connectivity index (χ3v) is 5.35. The summed E-state index contributed by atoms with van der Waals surface area (Å²) in [5, 5.41) is 11.3. The van der Waals surface area contributed by atoms with Crippen molar-refractivity contribution in [2.24, 2.45) is 0 Å². The summed E-state index contributed by atoms with van der Waals surface area (Å²) >= 11 is 5.99. The Hall–Kier alpha value is -1.50. The monoisotopic (exact) mass is 395 g/mol. The average molecular weight is 396 g/mol. The molecule has 0 spiro atoms. The topological polar surface area (TPSA) is 56.2 Å². The number of benzene rings is 1. The van der Waals surface area contributed by atoms with Gasteiger partial charge in [0.25, 0.3) is 0 Å². The first kappa shape index (κ1) is 20.2. The fourth-order valence-electron chi connectivity index (χ4n) is 3.78. The van der Waals surface area contributed by atoms with E-state index in [4.69, 9.17) is 16.3 Å². The number of halogens is 1. The van der Waals surface area contributed by atoms with Crippen molar-refractivity contribution < 1.29 is 14.6 Å². The van der Waals surface area contributed by atoms with Gasteiger partial charge in [0.05, 0.1) is 18.7 Å². The van der Waals surface area contributed by atoms with E-state index in [9.17, 15) is 9.90 Å². The molecule has 7 heteroatoms. The predicted molar refractivity (Wildman–Crippen MR) is 107 cm³/mol. The van der Waals surface area contributed by atoms with E-state index in [2.05, 4.69) is 9.80 Å². The van der Waals surface area contributed by atoms with Crippen molar-refractivity contribution in [2.75, 3.05) is 44.2 Å². The molecule has 2 atom stereocenters. The molecule has 150 valence electrons. The Morgan fingerprint density at radius 2 is 1.81 bits per heavy atom. The molecule has 0 saturated carbocycles. The summed E-state index contributed by atoms with van der Waals surface area (Å²) < 4.78 is 5.45. The van der Waals surface area contributed by atoms with E-state index in [1.165, 1.54) is 5.69 Å². The largest absolute Gasteiger partial charge is 0.444 e. The van der Waals surface area contributed by atoms with Crippen LogP contribution in [0.4, 0.5) is 10.5 Å². The molecule has 1 amide bonds. The number of hydrogen-bond acceptors (Lipinski definition) is 5. The zero-order valence-electron chi connectivity index (χ0n) is 16.4. The first-order valence-corrected chi connectivity index (χ1v) is 10.0. The van der Waals surface area contributed by atoms with Gasteiger partial charge in [0.15, 0.2) is 0 Å². The van der Waals surface area contributed by atoms with Gasteiger partial charge in [-0.2, -0.15) is 0 Å². The van der Waals surface area contributed by atoms with Crippen LogP contribution in [0.5, 0.6) is 0 Å². The fourth-order valence-corrected chi connectivity index (χ4v) is 3.91. The second-order valence-electron chi connectivity index (χ2n) is 8.37. The van der Waals surface area contributed by atoms with E-state index < -0.39 is 11.7 Å². The van der Waals surface area contributed by atoms with Crippen LogP contribution in [0.25, 0.3) is 0 Å². The molecule has 1 aromatic carbocycles.